The largest absolute Gasteiger partial charge is 0.498 e. The number of hydrogen-bond donors (Lipinski definition) is 1. The third kappa shape index (κ3) is 5.26. The van der Waals surface area contributed by atoms with Crippen LogP contribution in [-0.2, 0) is 4.74 Å². The molecule has 1 fully saturated rings. The summed E-state index contributed by atoms with van der Waals surface area (Å²) in [5.74, 6) is 2.47. The van der Waals surface area contributed by atoms with Gasteiger partial charge in [-0.05, 0) is 51.0 Å². The average molecular weight is 252 g/mol. The zero-order valence-corrected chi connectivity index (χ0v) is 11.9. The lowest BCUT2D eigenvalue weighted by Gasteiger charge is -2.28. The summed E-state index contributed by atoms with van der Waals surface area (Å²) in [7, 11) is 0. The molecule has 0 aromatic heterocycles. The minimum absolute atomic E-state index is 0.167. The number of rotatable bonds is 7. The van der Waals surface area contributed by atoms with Crippen LogP contribution < -0.4 is 0 Å². The van der Waals surface area contributed by atoms with Crippen LogP contribution in [0.2, 0.25) is 0 Å². The van der Waals surface area contributed by atoms with E-state index in [-0.39, 0.29) is 6.61 Å². The van der Waals surface area contributed by atoms with Crippen LogP contribution in [0.25, 0.3) is 0 Å². The molecule has 2 heteroatoms. The highest BCUT2D eigenvalue weighted by Gasteiger charge is 2.23. The van der Waals surface area contributed by atoms with Crippen molar-refractivity contribution in [3.05, 3.63) is 24.0 Å². The summed E-state index contributed by atoms with van der Waals surface area (Å²) in [6, 6.07) is 0. The Balaban J connectivity index is 2.33. The molecule has 1 N–H and O–H groups in total. The standard InChI is InChI=1S/C16H28O2/c1-3-5-13-18-16(4-2)15-10-8-14(9-11-15)7-6-12-17/h4,6-7,14-15,17H,3,5,8-13H2,1-2H3/b7-6+,16-4?. The Morgan fingerprint density at radius 3 is 2.56 bits per heavy atom. The highest BCUT2D eigenvalue weighted by atomic mass is 16.5. The number of ether oxygens (including phenoxy) is 1. The van der Waals surface area contributed by atoms with Crippen molar-refractivity contribution >= 4 is 0 Å². The van der Waals surface area contributed by atoms with Gasteiger partial charge >= 0.3 is 0 Å². The molecule has 1 aliphatic rings. The lowest BCUT2D eigenvalue weighted by Crippen LogP contribution is -2.17. The Bertz CT molecular complexity index is 260. The average Bonchev–Trinajstić information content (AvgIpc) is 2.42. The van der Waals surface area contributed by atoms with Gasteiger partial charge < -0.3 is 9.84 Å². The number of allylic oxidation sites excluding steroid dienone is 3. The van der Waals surface area contributed by atoms with Crippen molar-refractivity contribution in [2.75, 3.05) is 13.2 Å². The van der Waals surface area contributed by atoms with E-state index in [0.29, 0.717) is 11.8 Å². The van der Waals surface area contributed by atoms with Gasteiger partial charge in [-0.15, -0.1) is 0 Å². The summed E-state index contributed by atoms with van der Waals surface area (Å²) >= 11 is 0. The predicted octanol–water partition coefficient (Wildman–Crippen LogP) is 4.06. The smallest absolute Gasteiger partial charge is 0.0947 e. The van der Waals surface area contributed by atoms with Gasteiger partial charge in [-0.1, -0.05) is 25.5 Å². The number of hydrogen-bond acceptors (Lipinski definition) is 2. The summed E-state index contributed by atoms with van der Waals surface area (Å²) in [4.78, 5) is 0. The molecule has 0 spiro atoms. The molecule has 1 aliphatic carbocycles. The van der Waals surface area contributed by atoms with Crippen LogP contribution in [0.1, 0.15) is 52.4 Å². The van der Waals surface area contributed by atoms with E-state index in [4.69, 9.17) is 9.84 Å². The summed E-state index contributed by atoms with van der Waals surface area (Å²) in [6.07, 6.45) is 13.4. The van der Waals surface area contributed by atoms with Crippen LogP contribution in [-0.4, -0.2) is 18.3 Å². The molecule has 104 valence electrons. The molecule has 1 saturated carbocycles. The van der Waals surface area contributed by atoms with E-state index in [9.17, 15) is 0 Å². The maximum Gasteiger partial charge on any atom is 0.0947 e. The van der Waals surface area contributed by atoms with Crippen molar-refractivity contribution in [3.8, 4) is 0 Å². The van der Waals surface area contributed by atoms with Gasteiger partial charge in [0.05, 0.1) is 19.0 Å². The molecule has 0 heterocycles. The van der Waals surface area contributed by atoms with Crippen LogP contribution in [0.4, 0.5) is 0 Å². The molecule has 0 bridgehead atoms. The molecule has 2 nitrogen and oxygen atoms in total. The molecule has 0 saturated heterocycles. The van der Waals surface area contributed by atoms with Gasteiger partial charge in [0.25, 0.3) is 0 Å². The van der Waals surface area contributed by atoms with Gasteiger partial charge in [0.15, 0.2) is 0 Å². The second kappa shape index (κ2) is 9.21. The molecule has 18 heavy (non-hydrogen) atoms. The first kappa shape index (κ1) is 15.3. The Morgan fingerprint density at radius 2 is 2.00 bits per heavy atom. The van der Waals surface area contributed by atoms with E-state index in [1.807, 2.05) is 6.08 Å². The molecule has 0 unspecified atom stereocenters. The van der Waals surface area contributed by atoms with Gasteiger partial charge in [0.2, 0.25) is 0 Å². The third-order valence-electron chi connectivity index (χ3n) is 3.74. The zero-order chi connectivity index (χ0) is 13.2. The fourth-order valence-electron chi connectivity index (χ4n) is 2.62. The van der Waals surface area contributed by atoms with Crippen molar-refractivity contribution < 1.29 is 9.84 Å². The molecular formula is C16H28O2. The SMILES string of the molecule is CC=C(OCCCC)C1CCC(/C=C/CO)CC1. The molecule has 0 radical (unpaired) electrons. The molecule has 0 atom stereocenters. The second-order valence-corrected chi connectivity index (χ2v) is 5.12. The van der Waals surface area contributed by atoms with Crippen molar-refractivity contribution in [2.24, 2.45) is 11.8 Å². The van der Waals surface area contributed by atoms with Gasteiger partial charge in [-0.2, -0.15) is 0 Å². The monoisotopic (exact) mass is 252 g/mol. The first-order valence-corrected chi connectivity index (χ1v) is 7.38. The first-order chi connectivity index (χ1) is 8.81. The molecule has 0 aromatic carbocycles. The molecule has 0 aliphatic heterocycles. The fraction of sp³-hybridized carbons (Fsp3) is 0.750. The number of aliphatic hydroxyl groups excluding tert-OH is 1. The van der Waals surface area contributed by atoms with Gasteiger partial charge in [-0.25, -0.2) is 0 Å². The van der Waals surface area contributed by atoms with E-state index in [2.05, 4.69) is 26.0 Å². The van der Waals surface area contributed by atoms with Crippen LogP contribution in [0, 0.1) is 11.8 Å². The van der Waals surface area contributed by atoms with Crippen LogP contribution >= 0.6 is 0 Å². The zero-order valence-electron chi connectivity index (χ0n) is 11.9. The summed E-state index contributed by atoms with van der Waals surface area (Å²) in [5, 5.41) is 8.78. The first-order valence-electron chi connectivity index (χ1n) is 7.38. The fourth-order valence-corrected chi connectivity index (χ4v) is 2.62. The highest BCUT2D eigenvalue weighted by Crippen LogP contribution is 2.34. The molecule has 1 rings (SSSR count). The van der Waals surface area contributed by atoms with E-state index in [1.165, 1.54) is 37.9 Å². The van der Waals surface area contributed by atoms with Crippen molar-refractivity contribution in [1.82, 2.24) is 0 Å². The second-order valence-electron chi connectivity index (χ2n) is 5.12. The van der Waals surface area contributed by atoms with E-state index in [1.54, 1.807) is 0 Å². The minimum atomic E-state index is 0.167. The number of unbranched alkanes of at least 4 members (excludes halogenated alkanes) is 1. The van der Waals surface area contributed by atoms with Crippen LogP contribution in [0.15, 0.2) is 24.0 Å². The van der Waals surface area contributed by atoms with Crippen LogP contribution in [0.3, 0.4) is 0 Å². The molecule has 0 amide bonds. The van der Waals surface area contributed by atoms with Crippen molar-refractivity contribution in [3.63, 3.8) is 0 Å². The van der Waals surface area contributed by atoms with E-state index in [0.717, 1.165) is 13.0 Å². The Morgan fingerprint density at radius 1 is 1.28 bits per heavy atom. The summed E-state index contributed by atoms with van der Waals surface area (Å²) in [6.45, 7) is 5.30. The molecular weight excluding hydrogens is 224 g/mol. The normalized spacial score (nSPS) is 25.6. The summed E-state index contributed by atoms with van der Waals surface area (Å²) < 4.78 is 5.89. The van der Waals surface area contributed by atoms with Gasteiger partial charge in [0.1, 0.15) is 0 Å². The number of aliphatic hydroxyl groups is 1. The highest BCUT2D eigenvalue weighted by molar-refractivity contribution is 5.01. The lowest BCUT2D eigenvalue weighted by molar-refractivity contribution is 0.151. The van der Waals surface area contributed by atoms with Gasteiger partial charge in [0, 0.05) is 5.92 Å². The quantitative estimate of drug-likeness (QED) is 0.420. The van der Waals surface area contributed by atoms with Crippen molar-refractivity contribution in [2.45, 2.75) is 52.4 Å². The maximum atomic E-state index is 8.78. The van der Waals surface area contributed by atoms with E-state index < -0.39 is 0 Å². The Labute approximate surface area is 112 Å². The lowest BCUT2D eigenvalue weighted by atomic mass is 9.81. The molecule has 0 aromatic rings. The van der Waals surface area contributed by atoms with Gasteiger partial charge in [-0.3, -0.25) is 0 Å². The van der Waals surface area contributed by atoms with Crippen LogP contribution in [0.5, 0.6) is 0 Å². The third-order valence-corrected chi connectivity index (χ3v) is 3.74. The minimum Gasteiger partial charge on any atom is -0.498 e. The predicted molar refractivity (Wildman–Crippen MR) is 76.3 cm³/mol. The van der Waals surface area contributed by atoms with E-state index >= 15 is 0 Å². The Hall–Kier alpha value is -0.760. The summed E-state index contributed by atoms with van der Waals surface area (Å²) in [5.41, 5.74) is 0. The maximum absolute atomic E-state index is 8.78. The Kier molecular flexibility index (Phi) is 7.83. The topological polar surface area (TPSA) is 29.5 Å². The van der Waals surface area contributed by atoms with Crippen molar-refractivity contribution in [1.29, 1.82) is 0 Å².